The predicted octanol–water partition coefficient (Wildman–Crippen LogP) is 2.17. The van der Waals surface area contributed by atoms with E-state index in [0.29, 0.717) is 12.1 Å². The van der Waals surface area contributed by atoms with Gasteiger partial charge < -0.3 is 9.67 Å². The molecule has 0 aliphatic heterocycles. The van der Waals surface area contributed by atoms with Gasteiger partial charge in [-0.05, 0) is 29.3 Å². The van der Waals surface area contributed by atoms with E-state index in [4.69, 9.17) is 5.11 Å². The van der Waals surface area contributed by atoms with Gasteiger partial charge in [0.2, 0.25) is 0 Å². The van der Waals surface area contributed by atoms with Crippen LogP contribution >= 0.6 is 0 Å². The highest BCUT2D eigenvalue weighted by atomic mass is 19.1. The quantitative estimate of drug-likeness (QED) is 0.841. The van der Waals surface area contributed by atoms with Crippen molar-refractivity contribution in [3.05, 3.63) is 59.9 Å². The van der Waals surface area contributed by atoms with Gasteiger partial charge in [0, 0.05) is 25.0 Å². The summed E-state index contributed by atoms with van der Waals surface area (Å²) in [4.78, 5) is 14.4. The van der Waals surface area contributed by atoms with E-state index in [1.807, 2.05) is 4.57 Å². The van der Waals surface area contributed by atoms with Gasteiger partial charge in [0.25, 0.3) is 0 Å². The van der Waals surface area contributed by atoms with Crippen LogP contribution in [-0.4, -0.2) is 20.6 Å². The molecule has 0 atom stereocenters. The highest BCUT2D eigenvalue weighted by molar-refractivity contribution is 5.85. The van der Waals surface area contributed by atoms with E-state index in [9.17, 15) is 9.18 Å². The van der Waals surface area contributed by atoms with Gasteiger partial charge in [-0.3, -0.25) is 0 Å². The van der Waals surface area contributed by atoms with Gasteiger partial charge >= 0.3 is 5.97 Å². The molecule has 0 fully saturated rings. The van der Waals surface area contributed by atoms with Crippen molar-refractivity contribution >= 4 is 12.0 Å². The van der Waals surface area contributed by atoms with Crippen molar-refractivity contribution in [2.24, 2.45) is 0 Å². The second-order valence-electron chi connectivity index (χ2n) is 3.75. The average Bonchev–Trinajstić information content (AvgIpc) is 2.82. The van der Waals surface area contributed by atoms with Crippen molar-refractivity contribution in [2.45, 2.75) is 6.54 Å². The fraction of sp³-hybridized carbons (Fsp3) is 0.0769. The highest BCUT2D eigenvalue weighted by Gasteiger charge is 2.03. The number of rotatable bonds is 4. The second kappa shape index (κ2) is 5.27. The van der Waals surface area contributed by atoms with E-state index in [-0.39, 0.29) is 0 Å². The van der Waals surface area contributed by atoms with Crippen LogP contribution < -0.4 is 0 Å². The number of nitrogens with zero attached hydrogens (tertiary/aromatic N) is 2. The Morgan fingerprint density at radius 3 is 3.00 bits per heavy atom. The van der Waals surface area contributed by atoms with Crippen LogP contribution in [0.5, 0.6) is 0 Å². The van der Waals surface area contributed by atoms with Crippen molar-refractivity contribution in [3.8, 4) is 0 Å². The maximum atomic E-state index is 13.1. The Kier molecular flexibility index (Phi) is 3.52. The Balaban J connectivity index is 2.31. The molecule has 1 aromatic heterocycles. The summed E-state index contributed by atoms with van der Waals surface area (Å²) in [5.41, 5.74) is 1.37. The van der Waals surface area contributed by atoms with E-state index in [0.717, 1.165) is 11.6 Å². The molecule has 0 bridgehead atoms. The van der Waals surface area contributed by atoms with Crippen molar-refractivity contribution in [3.63, 3.8) is 0 Å². The third kappa shape index (κ3) is 3.04. The summed E-state index contributed by atoms with van der Waals surface area (Å²) >= 11 is 0. The lowest BCUT2D eigenvalue weighted by atomic mass is 10.1. The van der Waals surface area contributed by atoms with E-state index in [1.54, 1.807) is 24.8 Å². The van der Waals surface area contributed by atoms with Crippen LogP contribution in [-0.2, 0) is 11.3 Å². The van der Waals surface area contributed by atoms with Crippen molar-refractivity contribution in [2.75, 3.05) is 0 Å². The van der Waals surface area contributed by atoms with Crippen LogP contribution in [0.4, 0.5) is 4.39 Å². The van der Waals surface area contributed by atoms with E-state index in [2.05, 4.69) is 4.98 Å². The first kappa shape index (κ1) is 12.0. The zero-order chi connectivity index (χ0) is 13.0. The average molecular weight is 246 g/mol. The van der Waals surface area contributed by atoms with Gasteiger partial charge in [-0.1, -0.05) is 6.07 Å². The molecule has 0 saturated carbocycles. The first-order valence-corrected chi connectivity index (χ1v) is 5.30. The maximum absolute atomic E-state index is 13.1. The smallest absolute Gasteiger partial charge is 0.328 e. The summed E-state index contributed by atoms with van der Waals surface area (Å²) in [5.74, 6) is -1.46. The van der Waals surface area contributed by atoms with Crippen molar-refractivity contribution in [1.82, 2.24) is 9.55 Å². The molecule has 18 heavy (non-hydrogen) atoms. The second-order valence-corrected chi connectivity index (χ2v) is 3.75. The van der Waals surface area contributed by atoms with Crippen LogP contribution in [0, 0.1) is 5.82 Å². The number of aliphatic carboxylic acids is 1. The number of aromatic nitrogens is 2. The molecule has 1 heterocycles. The Morgan fingerprint density at radius 2 is 2.33 bits per heavy atom. The summed E-state index contributed by atoms with van der Waals surface area (Å²) < 4.78 is 15.0. The van der Waals surface area contributed by atoms with E-state index in [1.165, 1.54) is 18.2 Å². The molecule has 1 N–H and O–H groups in total. The Labute approximate surface area is 103 Å². The molecule has 1 aromatic carbocycles. The first-order valence-electron chi connectivity index (χ1n) is 5.30. The van der Waals surface area contributed by atoms with Gasteiger partial charge in [-0.15, -0.1) is 0 Å². The van der Waals surface area contributed by atoms with Gasteiger partial charge in [0.1, 0.15) is 5.82 Å². The molecule has 0 unspecified atom stereocenters. The van der Waals surface area contributed by atoms with Gasteiger partial charge in [-0.25, -0.2) is 14.2 Å². The van der Waals surface area contributed by atoms with Gasteiger partial charge in [-0.2, -0.15) is 0 Å². The summed E-state index contributed by atoms with van der Waals surface area (Å²) in [6, 6.07) is 4.30. The Bertz CT molecular complexity index is 577. The molecule has 4 nitrogen and oxygen atoms in total. The number of hydrogen-bond acceptors (Lipinski definition) is 2. The molecule has 5 heteroatoms. The first-order chi connectivity index (χ1) is 8.65. The molecule has 0 spiro atoms. The van der Waals surface area contributed by atoms with E-state index >= 15 is 0 Å². The fourth-order valence-electron chi connectivity index (χ4n) is 1.60. The van der Waals surface area contributed by atoms with Gasteiger partial charge in [0.05, 0.1) is 6.33 Å². The molecular weight excluding hydrogens is 235 g/mol. The summed E-state index contributed by atoms with van der Waals surface area (Å²) in [6.07, 6.45) is 7.46. The van der Waals surface area contributed by atoms with Gasteiger partial charge in [0.15, 0.2) is 0 Å². The predicted molar refractivity (Wildman–Crippen MR) is 64.4 cm³/mol. The van der Waals surface area contributed by atoms with Crippen molar-refractivity contribution in [1.29, 1.82) is 0 Å². The number of imidazole rings is 1. The zero-order valence-corrected chi connectivity index (χ0v) is 9.45. The van der Waals surface area contributed by atoms with Crippen molar-refractivity contribution < 1.29 is 14.3 Å². The zero-order valence-electron chi connectivity index (χ0n) is 9.45. The SMILES string of the molecule is O=C(O)/C=C/c1cc(F)ccc1Cn1ccnc1. The maximum Gasteiger partial charge on any atom is 0.328 e. The number of benzene rings is 1. The third-order valence-corrected chi connectivity index (χ3v) is 2.43. The third-order valence-electron chi connectivity index (χ3n) is 2.43. The Morgan fingerprint density at radius 1 is 1.50 bits per heavy atom. The number of carboxylic acid groups (broad SMARTS) is 1. The normalized spacial score (nSPS) is 10.9. The number of hydrogen-bond donors (Lipinski definition) is 1. The lowest BCUT2D eigenvalue weighted by Crippen LogP contribution is -1.99. The van der Waals surface area contributed by atoms with Crippen LogP contribution in [0.25, 0.3) is 6.08 Å². The lowest BCUT2D eigenvalue weighted by Gasteiger charge is -2.07. The van der Waals surface area contributed by atoms with Crippen LogP contribution in [0.3, 0.4) is 0 Å². The minimum absolute atomic E-state index is 0.394. The largest absolute Gasteiger partial charge is 0.478 e. The fourth-order valence-corrected chi connectivity index (χ4v) is 1.60. The monoisotopic (exact) mass is 246 g/mol. The minimum atomic E-state index is -1.06. The minimum Gasteiger partial charge on any atom is -0.478 e. The highest BCUT2D eigenvalue weighted by Crippen LogP contribution is 2.14. The number of carbonyl (C=O) groups is 1. The number of carboxylic acids is 1. The molecule has 0 saturated heterocycles. The standard InChI is InChI=1S/C13H11FN2O2/c14-12-3-1-11(8-16-6-5-15-9-16)10(7-12)2-4-13(17)18/h1-7,9H,8H2,(H,17,18)/b4-2+. The summed E-state index contributed by atoms with van der Waals surface area (Å²) in [5, 5.41) is 8.60. The molecule has 2 rings (SSSR count). The molecule has 2 aromatic rings. The molecular formula is C13H11FN2O2. The van der Waals surface area contributed by atoms with E-state index < -0.39 is 11.8 Å². The summed E-state index contributed by atoms with van der Waals surface area (Å²) in [7, 11) is 0. The number of halogens is 1. The molecule has 0 radical (unpaired) electrons. The Hall–Kier alpha value is -2.43. The summed E-state index contributed by atoms with van der Waals surface area (Å²) in [6.45, 7) is 0.513. The van der Waals surface area contributed by atoms with Crippen LogP contribution in [0.15, 0.2) is 43.0 Å². The lowest BCUT2D eigenvalue weighted by molar-refractivity contribution is -0.131. The van der Waals surface area contributed by atoms with Crippen LogP contribution in [0.1, 0.15) is 11.1 Å². The topological polar surface area (TPSA) is 55.1 Å². The molecule has 0 amide bonds. The van der Waals surface area contributed by atoms with Crippen LogP contribution in [0.2, 0.25) is 0 Å². The molecule has 0 aliphatic rings. The molecule has 0 aliphatic carbocycles. The molecule has 92 valence electrons.